The maximum absolute atomic E-state index is 12.3. The van der Waals surface area contributed by atoms with Gasteiger partial charge in [-0.25, -0.2) is 8.42 Å². The Morgan fingerprint density at radius 1 is 1.04 bits per heavy atom. The van der Waals surface area contributed by atoms with E-state index < -0.39 is 10.0 Å². The van der Waals surface area contributed by atoms with Crippen LogP contribution in [-0.4, -0.2) is 26.6 Å². The van der Waals surface area contributed by atoms with Crippen molar-refractivity contribution < 1.29 is 13.2 Å². The minimum atomic E-state index is -3.22. The lowest BCUT2D eigenvalue weighted by molar-refractivity contribution is 0.102. The Labute approximate surface area is 142 Å². The largest absolute Gasteiger partial charge is 0.322 e. The van der Waals surface area contributed by atoms with Crippen molar-refractivity contribution in [2.45, 2.75) is 19.8 Å². The molecule has 6 heteroatoms. The van der Waals surface area contributed by atoms with Crippen molar-refractivity contribution in [1.29, 1.82) is 0 Å². The molecule has 0 atom stereocenters. The van der Waals surface area contributed by atoms with Crippen LogP contribution in [0.4, 0.5) is 11.4 Å². The molecule has 0 aromatic heterocycles. The third kappa shape index (κ3) is 3.43. The van der Waals surface area contributed by atoms with Crippen molar-refractivity contribution in [3.05, 3.63) is 59.7 Å². The molecule has 0 unspecified atom stereocenters. The molecule has 1 aliphatic rings. The first kappa shape index (κ1) is 16.5. The lowest BCUT2D eigenvalue weighted by Crippen LogP contribution is -2.37. The first-order valence-electron chi connectivity index (χ1n) is 7.95. The molecule has 0 bridgehead atoms. The fourth-order valence-electron chi connectivity index (χ4n) is 2.82. The second-order valence-corrected chi connectivity index (χ2v) is 7.92. The molecule has 1 saturated heterocycles. The van der Waals surface area contributed by atoms with E-state index in [-0.39, 0.29) is 11.7 Å². The van der Waals surface area contributed by atoms with Crippen LogP contribution in [0.25, 0.3) is 0 Å². The summed E-state index contributed by atoms with van der Waals surface area (Å²) in [5, 5.41) is 2.84. The summed E-state index contributed by atoms with van der Waals surface area (Å²) in [5.74, 6) is 0.0186. The Bertz CT molecular complexity index is 845. The maximum Gasteiger partial charge on any atom is 0.255 e. The molecule has 1 amide bonds. The average molecular weight is 344 g/mol. The van der Waals surface area contributed by atoms with Gasteiger partial charge in [-0.15, -0.1) is 0 Å². The number of rotatable bonds is 3. The molecule has 2 aromatic rings. The summed E-state index contributed by atoms with van der Waals surface area (Å²) in [7, 11) is -3.22. The Morgan fingerprint density at radius 3 is 2.42 bits per heavy atom. The zero-order chi connectivity index (χ0) is 17.2. The minimum absolute atomic E-state index is 0.175. The van der Waals surface area contributed by atoms with E-state index in [1.54, 1.807) is 30.3 Å². The van der Waals surface area contributed by atoms with Crippen molar-refractivity contribution in [1.82, 2.24) is 0 Å². The van der Waals surface area contributed by atoms with Gasteiger partial charge in [0.2, 0.25) is 10.0 Å². The lowest BCUT2D eigenvalue weighted by Gasteiger charge is -2.28. The Hall–Kier alpha value is -2.34. The number of hydrogen-bond acceptors (Lipinski definition) is 3. The number of amides is 1. The minimum Gasteiger partial charge on any atom is -0.322 e. The van der Waals surface area contributed by atoms with Gasteiger partial charge in [-0.1, -0.05) is 18.2 Å². The highest BCUT2D eigenvalue weighted by Crippen LogP contribution is 2.25. The van der Waals surface area contributed by atoms with E-state index in [0.29, 0.717) is 29.9 Å². The molecular formula is C18H20N2O3S. The number of nitrogens with one attached hydrogen (secondary N) is 1. The summed E-state index contributed by atoms with van der Waals surface area (Å²) in [5.41, 5.74) is 2.82. The van der Waals surface area contributed by atoms with E-state index in [2.05, 4.69) is 5.32 Å². The number of carbonyl (C=O) groups excluding carboxylic acids is 1. The number of hydrogen-bond donors (Lipinski definition) is 1. The zero-order valence-electron chi connectivity index (χ0n) is 13.5. The van der Waals surface area contributed by atoms with Gasteiger partial charge in [-0.3, -0.25) is 9.10 Å². The molecule has 1 N–H and O–H groups in total. The number of anilines is 2. The van der Waals surface area contributed by atoms with Gasteiger partial charge in [0.15, 0.2) is 0 Å². The SMILES string of the molecule is Cc1ccccc1C(=O)Nc1ccc(N2CCCCS2(=O)=O)cc1. The molecule has 0 radical (unpaired) electrons. The number of carbonyl (C=O) groups is 1. The third-order valence-corrected chi connectivity index (χ3v) is 6.02. The normalized spacial score (nSPS) is 16.6. The number of aryl methyl sites for hydroxylation is 1. The maximum atomic E-state index is 12.3. The fourth-order valence-corrected chi connectivity index (χ4v) is 4.46. The Kier molecular flexibility index (Phi) is 4.57. The monoisotopic (exact) mass is 344 g/mol. The highest BCUT2D eigenvalue weighted by Gasteiger charge is 2.25. The van der Waals surface area contributed by atoms with Gasteiger partial charge >= 0.3 is 0 Å². The van der Waals surface area contributed by atoms with Crippen molar-refractivity contribution in [3.63, 3.8) is 0 Å². The van der Waals surface area contributed by atoms with Crippen LogP contribution in [0.1, 0.15) is 28.8 Å². The third-order valence-electron chi connectivity index (χ3n) is 4.15. The van der Waals surface area contributed by atoms with Crippen LogP contribution in [0, 0.1) is 6.92 Å². The van der Waals surface area contributed by atoms with Crippen molar-refractivity contribution in [2.24, 2.45) is 0 Å². The Morgan fingerprint density at radius 2 is 1.75 bits per heavy atom. The second kappa shape index (κ2) is 6.65. The molecule has 2 aromatic carbocycles. The molecule has 1 fully saturated rings. The van der Waals surface area contributed by atoms with E-state index in [9.17, 15) is 13.2 Å². The van der Waals surface area contributed by atoms with Gasteiger partial charge in [-0.2, -0.15) is 0 Å². The van der Waals surface area contributed by atoms with Crippen molar-refractivity contribution in [2.75, 3.05) is 21.9 Å². The fraction of sp³-hybridized carbons (Fsp3) is 0.278. The zero-order valence-corrected chi connectivity index (χ0v) is 14.3. The van der Waals surface area contributed by atoms with Crippen LogP contribution >= 0.6 is 0 Å². The van der Waals surface area contributed by atoms with Crippen molar-refractivity contribution in [3.8, 4) is 0 Å². The molecule has 1 heterocycles. The van der Waals surface area contributed by atoms with Crippen molar-refractivity contribution >= 4 is 27.3 Å². The molecular weight excluding hydrogens is 324 g/mol. The Balaban J connectivity index is 1.75. The second-order valence-electron chi connectivity index (χ2n) is 5.91. The molecule has 0 spiro atoms. The average Bonchev–Trinajstić information content (AvgIpc) is 2.56. The summed E-state index contributed by atoms with van der Waals surface area (Å²) >= 11 is 0. The molecule has 0 saturated carbocycles. The van der Waals surface area contributed by atoms with Gasteiger partial charge in [0.05, 0.1) is 11.4 Å². The van der Waals surface area contributed by atoms with E-state index in [1.165, 1.54) is 4.31 Å². The predicted molar refractivity (Wildman–Crippen MR) is 95.9 cm³/mol. The number of sulfonamides is 1. The topological polar surface area (TPSA) is 66.5 Å². The standard InChI is InChI=1S/C18H20N2O3S/c1-14-6-2-3-7-17(14)18(21)19-15-8-10-16(11-9-15)20-12-4-5-13-24(20,22)23/h2-3,6-11H,4-5,12-13H2,1H3,(H,19,21). The van der Waals surface area contributed by atoms with Gasteiger partial charge in [-0.05, 0) is 55.7 Å². The van der Waals surface area contributed by atoms with E-state index in [0.717, 1.165) is 12.0 Å². The van der Waals surface area contributed by atoms with Crippen LogP contribution < -0.4 is 9.62 Å². The molecule has 3 rings (SSSR count). The first-order valence-corrected chi connectivity index (χ1v) is 9.56. The summed E-state index contributed by atoms with van der Waals surface area (Å²) in [6.07, 6.45) is 1.58. The van der Waals surface area contributed by atoms with Crippen LogP contribution in [0.3, 0.4) is 0 Å². The predicted octanol–water partition coefficient (Wildman–Crippen LogP) is 3.18. The van der Waals surface area contributed by atoms with Crippen LogP contribution in [0.2, 0.25) is 0 Å². The molecule has 126 valence electrons. The van der Waals surface area contributed by atoms with Gasteiger partial charge in [0, 0.05) is 17.8 Å². The summed E-state index contributed by atoms with van der Waals surface area (Å²) in [4.78, 5) is 12.3. The van der Waals surface area contributed by atoms with Crippen LogP contribution in [0.15, 0.2) is 48.5 Å². The highest BCUT2D eigenvalue weighted by atomic mass is 32.2. The van der Waals surface area contributed by atoms with Gasteiger partial charge < -0.3 is 5.32 Å². The van der Waals surface area contributed by atoms with E-state index in [1.807, 2.05) is 25.1 Å². The van der Waals surface area contributed by atoms with Crippen LogP contribution in [0.5, 0.6) is 0 Å². The lowest BCUT2D eigenvalue weighted by atomic mass is 10.1. The molecule has 24 heavy (non-hydrogen) atoms. The molecule has 5 nitrogen and oxygen atoms in total. The molecule has 1 aliphatic heterocycles. The van der Waals surface area contributed by atoms with E-state index >= 15 is 0 Å². The number of benzene rings is 2. The summed E-state index contributed by atoms with van der Waals surface area (Å²) < 4.78 is 25.7. The summed E-state index contributed by atoms with van der Waals surface area (Å²) in [6.45, 7) is 2.40. The quantitative estimate of drug-likeness (QED) is 0.930. The van der Waals surface area contributed by atoms with E-state index in [4.69, 9.17) is 0 Å². The van der Waals surface area contributed by atoms with Gasteiger partial charge in [0.25, 0.3) is 5.91 Å². The first-order chi connectivity index (χ1) is 11.5. The highest BCUT2D eigenvalue weighted by molar-refractivity contribution is 7.92. The van der Waals surface area contributed by atoms with Crippen LogP contribution in [-0.2, 0) is 10.0 Å². The van der Waals surface area contributed by atoms with Gasteiger partial charge in [0.1, 0.15) is 0 Å². The summed E-state index contributed by atoms with van der Waals surface area (Å²) in [6, 6.07) is 14.3. The smallest absolute Gasteiger partial charge is 0.255 e. The number of nitrogens with zero attached hydrogens (tertiary/aromatic N) is 1. The molecule has 0 aliphatic carbocycles.